The number of benzene rings is 2. The van der Waals surface area contributed by atoms with Gasteiger partial charge in [0.1, 0.15) is 24.7 Å². The van der Waals surface area contributed by atoms with Crippen LogP contribution in [0.3, 0.4) is 0 Å². The molecule has 156 valence electrons. The van der Waals surface area contributed by atoms with Crippen LogP contribution in [0.25, 0.3) is 0 Å². The lowest BCUT2D eigenvalue weighted by molar-refractivity contribution is -0.885. The van der Waals surface area contributed by atoms with Crippen molar-refractivity contribution in [1.82, 2.24) is 4.90 Å². The third-order valence-electron chi connectivity index (χ3n) is 4.39. The Balaban J connectivity index is 1.99. The summed E-state index contributed by atoms with van der Waals surface area (Å²) in [6.45, 7) is 6.11. The van der Waals surface area contributed by atoms with E-state index in [4.69, 9.17) is 0 Å². The van der Waals surface area contributed by atoms with Gasteiger partial charge in [-0.3, -0.25) is 9.59 Å². The van der Waals surface area contributed by atoms with E-state index in [1.165, 1.54) is 41.3 Å². The van der Waals surface area contributed by atoms with Crippen LogP contribution in [-0.4, -0.2) is 42.4 Å². The second kappa shape index (κ2) is 9.60. The highest BCUT2D eigenvalue weighted by molar-refractivity contribution is 5.94. The molecule has 2 amide bonds. The van der Waals surface area contributed by atoms with E-state index in [-0.39, 0.29) is 36.5 Å². The molecular weight excluding hydrogens is 376 g/mol. The molecular formula is C22H28F2N3O2+. The van der Waals surface area contributed by atoms with E-state index in [1.54, 1.807) is 6.07 Å². The van der Waals surface area contributed by atoms with Crippen molar-refractivity contribution in [2.24, 2.45) is 0 Å². The smallest absolute Gasteiger partial charge is 0.278 e. The highest BCUT2D eigenvalue weighted by atomic mass is 19.1. The third-order valence-corrected chi connectivity index (χ3v) is 4.39. The second-order valence-electron chi connectivity index (χ2n) is 8.15. The molecule has 2 rings (SSSR count). The number of amides is 2. The Bertz CT molecular complexity index is 848. The lowest BCUT2D eigenvalue weighted by Crippen LogP contribution is -3.09. The van der Waals surface area contributed by atoms with E-state index >= 15 is 0 Å². The average Bonchev–Trinajstić information content (AvgIpc) is 2.60. The molecule has 2 aromatic carbocycles. The van der Waals surface area contributed by atoms with Crippen molar-refractivity contribution in [3.8, 4) is 0 Å². The first-order chi connectivity index (χ1) is 13.5. The highest BCUT2D eigenvalue weighted by Crippen LogP contribution is 2.14. The maximum atomic E-state index is 13.4. The summed E-state index contributed by atoms with van der Waals surface area (Å²) in [7, 11) is 1.85. The molecule has 0 saturated carbocycles. The Morgan fingerprint density at radius 3 is 2.28 bits per heavy atom. The zero-order valence-electron chi connectivity index (χ0n) is 17.3. The van der Waals surface area contributed by atoms with E-state index in [0.717, 1.165) is 10.5 Å². The summed E-state index contributed by atoms with van der Waals surface area (Å²) in [5, 5.41) is 2.68. The van der Waals surface area contributed by atoms with Crippen LogP contribution < -0.4 is 10.2 Å². The molecule has 0 saturated heterocycles. The van der Waals surface area contributed by atoms with Gasteiger partial charge in [0.15, 0.2) is 6.54 Å². The van der Waals surface area contributed by atoms with Gasteiger partial charge in [0, 0.05) is 16.8 Å². The van der Waals surface area contributed by atoms with Gasteiger partial charge in [-0.05, 0) is 57.2 Å². The highest BCUT2D eigenvalue weighted by Gasteiger charge is 2.30. The van der Waals surface area contributed by atoms with Gasteiger partial charge in [0.25, 0.3) is 5.91 Å². The standard InChI is InChI=1S/C22H27F2N3O2/c1-22(2,3)27(14-20(28)25-19-10-8-17(23)9-11-19)21(29)15-26(4)13-16-6-5-7-18(24)12-16/h5-12H,13-15H2,1-4H3,(H,25,28)/p+1. The molecule has 0 bridgehead atoms. The maximum Gasteiger partial charge on any atom is 0.278 e. The zero-order valence-corrected chi connectivity index (χ0v) is 17.3. The zero-order chi connectivity index (χ0) is 21.6. The molecule has 2 aromatic rings. The largest absolute Gasteiger partial charge is 0.326 e. The molecule has 1 atom stereocenters. The first-order valence-corrected chi connectivity index (χ1v) is 9.46. The molecule has 0 heterocycles. The Morgan fingerprint density at radius 2 is 1.69 bits per heavy atom. The summed E-state index contributed by atoms with van der Waals surface area (Å²) in [5.41, 5.74) is 0.703. The third kappa shape index (κ3) is 7.27. The quantitative estimate of drug-likeness (QED) is 0.744. The van der Waals surface area contributed by atoms with Gasteiger partial charge in [0.2, 0.25) is 5.91 Å². The van der Waals surface area contributed by atoms with Crippen molar-refractivity contribution in [3.63, 3.8) is 0 Å². The number of anilines is 1. The summed E-state index contributed by atoms with van der Waals surface area (Å²) in [6.07, 6.45) is 0. The van der Waals surface area contributed by atoms with Crippen molar-refractivity contribution < 1.29 is 23.3 Å². The molecule has 0 aromatic heterocycles. The molecule has 29 heavy (non-hydrogen) atoms. The molecule has 0 aliphatic heterocycles. The van der Waals surface area contributed by atoms with Gasteiger partial charge >= 0.3 is 0 Å². The van der Waals surface area contributed by atoms with Crippen LogP contribution in [0, 0.1) is 11.6 Å². The Morgan fingerprint density at radius 1 is 1.03 bits per heavy atom. The van der Waals surface area contributed by atoms with Gasteiger partial charge < -0.3 is 15.1 Å². The fraction of sp³-hybridized carbons (Fsp3) is 0.364. The maximum absolute atomic E-state index is 13.4. The average molecular weight is 404 g/mol. The van der Waals surface area contributed by atoms with Crippen molar-refractivity contribution in [1.29, 1.82) is 0 Å². The van der Waals surface area contributed by atoms with Gasteiger partial charge in [-0.25, -0.2) is 8.78 Å². The van der Waals surface area contributed by atoms with Gasteiger partial charge in [-0.1, -0.05) is 12.1 Å². The second-order valence-corrected chi connectivity index (χ2v) is 8.15. The van der Waals surface area contributed by atoms with E-state index in [2.05, 4.69) is 5.32 Å². The molecule has 1 unspecified atom stereocenters. The Hall–Kier alpha value is -2.80. The fourth-order valence-electron chi connectivity index (χ4n) is 2.99. The molecule has 0 fully saturated rings. The number of carbonyl (C=O) groups excluding carboxylic acids is 2. The van der Waals surface area contributed by atoms with E-state index < -0.39 is 5.54 Å². The van der Waals surface area contributed by atoms with Crippen molar-refractivity contribution in [2.45, 2.75) is 32.9 Å². The monoisotopic (exact) mass is 404 g/mol. The number of hydrogen-bond donors (Lipinski definition) is 2. The molecule has 0 aliphatic carbocycles. The number of halogens is 2. The topological polar surface area (TPSA) is 53.9 Å². The first-order valence-electron chi connectivity index (χ1n) is 9.46. The number of hydrogen-bond acceptors (Lipinski definition) is 2. The molecule has 5 nitrogen and oxygen atoms in total. The Kier molecular flexibility index (Phi) is 7.45. The number of nitrogens with one attached hydrogen (secondary N) is 2. The van der Waals surface area contributed by atoms with E-state index in [0.29, 0.717) is 12.2 Å². The van der Waals surface area contributed by atoms with E-state index in [9.17, 15) is 18.4 Å². The predicted octanol–water partition coefficient (Wildman–Crippen LogP) is 2.25. The minimum absolute atomic E-state index is 0.118. The minimum atomic E-state index is -0.559. The number of nitrogens with zero attached hydrogens (tertiary/aromatic N) is 1. The SMILES string of the molecule is C[NH+](CC(=O)N(CC(=O)Nc1ccc(F)cc1)C(C)(C)C)Cc1cccc(F)c1. The summed E-state index contributed by atoms with van der Waals surface area (Å²) in [5.74, 6) is -1.24. The summed E-state index contributed by atoms with van der Waals surface area (Å²) < 4.78 is 26.4. The van der Waals surface area contributed by atoms with Crippen LogP contribution in [0.1, 0.15) is 26.3 Å². The molecule has 0 radical (unpaired) electrons. The number of quaternary nitrogens is 1. The van der Waals surface area contributed by atoms with Crippen molar-refractivity contribution in [2.75, 3.05) is 25.5 Å². The summed E-state index contributed by atoms with van der Waals surface area (Å²) in [6, 6.07) is 11.7. The molecule has 0 aliphatic rings. The summed E-state index contributed by atoms with van der Waals surface area (Å²) >= 11 is 0. The normalized spacial score (nSPS) is 12.3. The van der Waals surface area contributed by atoms with E-state index in [1.807, 2.05) is 33.9 Å². The number of carbonyl (C=O) groups is 2. The van der Waals surface area contributed by atoms with Crippen LogP contribution >= 0.6 is 0 Å². The summed E-state index contributed by atoms with van der Waals surface area (Å²) in [4.78, 5) is 27.7. The van der Waals surface area contributed by atoms with Crippen LogP contribution in [0.2, 0.25) is 0 Å². The molecule has 0 spiro atoms. The van der Waals surface area contributed by atoms with Gasteiger partial charge in [0.05, 0.1) is 7.05 Å². The number of likely N-dealkylation sites (N-methyl/N-ethyl adjacent to an activating group) is 1. The molecule has 7 heteroatoms. The van der Waals surface area contributed by atoms with Crippen LogP contribution in [0.15, 0.2) is 48.5 Å². The van der Waals surface area contributed by atoms with Crippen LogP contribution in [0.5, 0.6) is 0 Å². The van der Waals surface area contributed by atoms with Gasteiger partial charge in [-0.15, -0.1) is 0 Å². The lowest BCUT2D eigenvalue weighted by atomic mass is 10.1. The number of rotatable bonds is 7. The molecule has 2 N–H and O–H groups in total. The predicted molar refractivity (Wildman–Crippen MR) is 108 cm³/mol. The Labute approximate surface area is 170 Å². The first kappa shape index (κ1) is 22.5. The van der Waals surface area contributed by atoms with Crippen LogP contribution in [-0.2, 0) is 16.1 Å². The van der Waals surface area contributed by atoms with Crippen LogP contribution in [0.4, 0.5) is 14.5 Å². The fourth-order valence-corrected chi connectivity index (χ4v) is 2.99. The van der Waals surface area contributed by atoms with Gasteiger partial charge in [-0.2, -0.15) is 0 Å². The lowest BCUT2D eigenvalue weighted by Gasteiger charge is -2.35. The van der Waals surface area contributed by atoms with Crippen molar-refractivity contribution >= 4 is 17.5 Å². The van der Waals surface area contributed by atoms with Crippen molar-refractivity contribution in [3.05, 3.63) is 65.7 Å². The minimum Gasteiger partial charge on any atom is -0.326 e.